The monoisotopic (exact) mass is 372 g/mol. The van der Waals surface area contributed by atoms with E-state index >= 15 is 0 Å². The van der Waals surface area contributed by atoms with E-state index in [4.69, 9.17) is 0 Å². The number of nitrogens with zero attached hydrogens (tertiary/aromatic N) is 4. The summed E-state index contributed by atoms with van der Waals surface area (Å²) < 4.78 is 4.62. The van der Waals surface area contributed by atoms with Gasteiger partial charge in [0.1, 0.15) is 12.2 Å². The third kappa shape index (κ3) is 3.43. The van der Waals surface area contributed by atoms with Crippen LogP contribution in [-0.2, 0) is 13.1 Å². The average molecular weight is 372 g/mol. The quantitative estimate of drug-likeness (QED) is 0.773. The molecule has 5 nitrogen and oxygen atoms in total. The maximum Gasteiger partial charge on any atom is 0.251 e. The van der Waals surface area contributed by atoms with Gasteiger partial charge in [0.25, 0.3) is 5.56 Å². The lowest BCUT2D eigenvalue weighted by Crippen LogP contribution is -2.23. The molecule has 0 saturated heterocycles. The summed E-state index contributed by atoms with van der Waals surface area (Å²) >= 11 is 2.23. The van der Waals surface area contributed by atoms with Gasteiger partial charge in [-0.25, -0.2) is 9.67 Å². The summed E-state index contributed by atoms with van der Waals surface area (Å²) in [6.45, 7) is 7.47. The Hall–Kier alpha value is -1.18. The molecule has 0 aliphatic rings. The van der Waals surface area contributed by atoms with Crippen molar-refractivity contribution < 1.29 is 0 Å². The van der Waals surface area contributed by atoms with Crippen molar-refractivity contribution in [3.8, 4) is 0 Å². The third-order valence-electron chi connectivity index (χ3n) is 2.81. The summed E-state index contributed by atoms with van der Waals surface area (Å²) in [6.07, 6.45) is 3.41. The summed E-state index contributed by atoms with van der Waals surface area (Å²) in [4.78, 5) is 16.2. The number of hydrogen-bond donors (Lipinski definition) is 0. The van der Waals surface area contributed by atoms with E-state index in [0.717, 1.165) is 21.5 Å². The Morgan fingerprint density at radius 1 is 1.42 bits per heavy atom. The molecule has 0 unspecified atom stereocenters. The Balaban J connectivity index is 2.29. The molecule has 0 amide bonds. The van der Waals surface area contributed by atoms with Crippen molar-refractivity contribution in [2.45, 2.75) is 33.9 Å². The Morgan fingerprint density at radius 3 is 2.84 bits per heavy atom. The van der Waals surface area contributed by atoms with Crippen molar-refractivity contribution in [3.05, 3.63) is 43.9 Å². The molecule has 2 aromatic rings. The first-order valence-corrected chi connectivity index (χ1v) is 7.28. The number of hydrogen-bond acceptors (Lipinski definition) is 3. The van der Waals surface area contributed by atoms with Gasteiger partial charge in [0.2, 0.25) is 0 Å². The molecule has 0 spiro atoms. The Labute approximate surface area is 125 Å². The van der Waals surface area contributed by atoms with Crippen LogP contribution in [0.1, 0.15) is 25.2 Å². The number of aryl methyl sites for hydroxylation is 1. The Kier molecular flexibility index (Phi) is 4.38. The van der Waals surface area contributed by atoms with Crippen LogP contribution < -0.4 is 5.56 Å². The molecule has 19 heavy (non-hydrogen) atoms. The van der Waals surface area contributed by atoms with Crippen LogP contribution in [0.25, 0.3) is 0 Å². The summed E-state index contributed by atoms with van der Waals surface area (Å²) in [5, 5.41) is 4.21. The van der Waals surface area contributed by atoms with E-state index in [0.29, 0.717) is 12.5 Å². The van der Waals surface area contributed by atoms with Crippen LogP contribution in [0, 0.1) is 16.4 Å². The van der Waals surface area contributed by atoms with Gasteiger partial charge in [0, 0.05) is 22.4 Å². The van der Waals surface area contributed by atoms with Gasteiger partial charge < -0.3 is 4.57 Å². The first kappa shape index (κ1) is 14.2. The normalized spacial score (nSPS) is 11.2. The molecule has 0 atom stereocenters. The number of halogens is 1. The zero-order valence-electron chi connectivity index (χ0n) is 11.3. The number of rotatable bonds is 4. The summed E-state index contributed by atoms with van der Waals surface area (Å²) in [5.41, 5.74) is 1.00. The lowest BCUT2D eigenvalue weighted by Gasteiger charge is -2.10. The second-order valence-electron chi connectivity index (χ2n) is 5.02. The van der Waals surface area contributed by atoms with E-state index in [1.54, 1.807) is 17.0 Å². The zero-order valence-corrected chi connectivity index (χ0v) is 13.5. The predicted molar refractivity (Wildman–Crippen MR) is 82.1 cm³/mol. The minimum absolute atomic E-state index is 0.00277. The minimum Gasteiger partial charge on any atom is -0.307 e. The number of pyridine rings is 1. The molecule has 2 rings (SSSR count). The largest absolute Gasteiger partial charge is 0.307 e. The summed E-state index contributed by atoms with van der Waals surface area (Å²) in [6, 6.07) is 1.66. The molecule has 0 bridgehead atoms. The van der Waals surface area contributed by atoms with Crippen LogP contribution in [-0.4, -0.2) is 19.3 Å². The van der Waals surface area contributed by atoms with E-state index in [1.807, 2.05) is 17.8 Å². The molecule has 2 aromatic heterocycles. The fraction of sp³-hybridized carbons (Fsp3) is 0.462. The first-order valence-electron chi connectivity index (χ1n) is 6.20. The molecule has 0 aromatic carbocycles. The highest BCUT2D eigenvalue weighted by molar-refractivity contribution is 14.1. The van der Waals surface area contributed by atoms with E-state index in [-0.39, 0.29) is 5.56 Å². The topological polar surface area (TPSA) is 52.7 Å². The smallest absolute Gasteiger partial charge is 0.251 e. The molecular weight excluding hydrogens is 355 g/mol. The van der Waals surface area contributed by atoms with E-state index in [1.165, 1.54) is 0 Å². The van der Waals surface area contributed by atoms with Crippen LogP contribution in [0.5, 0.6) is 0 Å². The van der Waals surface area contributed by atoms with Gasteiger partial charge in [0.05, 0.1) is 6.54 Å². The van der Waals surface area contributed by atoms with Gasteiger partial charge in [-0.3, -0.25) is 4.79 Å². The van der Waals surface area contributed by atoms with Gasteiger partial charge in [-0.1, -0.05) is 13.8 Å². The highest BCUT2D eigenvalue weighted by Gasteiger charge is 2.09. The zero-order chi connectivity index (χ0) is 14.0. The molecule has 0 aliphatic carbocycles. The molecule has 0 saturated carbocycles. The van der Waals surface area contributed by atoms with Gasteiger partial charge >= 0.3 is 0 Å². The molecule has 0 aliphatic heterocycles. The van der Waals surface area contributed by atoms with Crippen molar-refractivity contribution in [2.75, 3.05) is 0 Å². The maximum atomic E-state index is 12.0. The first-order chi connectivity index (χ1) is 8.97. The van der Waals surface area contributed by atoms with E-state index in [9.17, 15) is 4.79 Å². The lowest BCUT2D eigenvalue weighted by atomic mass is 10.2. The number of aromatic nitrogens is 4. The van der Waals surface area contributed by atoms with Crippen LogP contribution in [0.3, 0.4) is 0 Å². The van der Waals surface area contributed by atoms with Crippen molar-refractivity contribution in [1.82, 2.24) is 19.3 Å². The van der Waals surface area contributed by atoms with Crippen molar-refractivity contribution in [3.63, 3.8) is 0 Å². The fourth-order valence-electron chi connectivity index (χ4n) is 1.82. The third-order valence-corrected chi connectivity index (χ3v) is 3.94. The summed E-state index contributed by atoms with van der Waals surface area (Å²) in [5.74, 6) is 1.31. The van der Waals surface area contributed by atoms with Crippen LogP contribution >= 0.6 is 22.6 Å². The van der Waals surface area contributed by atoms with E-state index < -0.39 is 0 Å². The molecule has 102 valence electrons. The highest BCUT2D eigenvalue weighted by atomic mass is 127. The van der Waals surface area contributed by atoms with Crippen molar-refractivity contribution >= 4 is 22.6 Å². The molecule has 2 heterocycles. The van der Waals surface area contributed by atoms with Crippen LogP contribution in [0.4, 0.5) is 0 Å². The SMILES string of the molecule is Cc1cc(=O)n(Cc2ncnn2CC(C)C)cc1I. The van der Waals surface area contributed by atoms with E-state index in [2.05, 4.69) is 46.5 Å². The predicted octanol–water partition coefficient (Wildman–Crippen LogP) is 2.06. The van der Waals surface area contributed by atoms with Crippen molar-refractivity contribution in [2.24, 2.45) is 5.92 Å². The fourth-order valence-corrected chi connectivity index (χ4v) is 2.32. The highest BCUT2D eigenvalue weighted by Crippen LogP contribution is 2.09. The van der Waals surface area contributed by atoms with Gasteiger partial charge in [-0.05, 0) is 41.0 Å². The standard InChI is InChI=1S/C13H17IN4O/c1-9(2)5-18-12(15-8-16-18)7-17-6-11(14)10(3)4-13(17)19/h4,6,8-9H,5,7H2,1-3H3. The second kappa shape index (κ2) is 5.85. The molecule has 0 fully saturated rings. The average Bonchev–Trinajstić information content (AvgIpc) is 2.72. The van der Waals surface area contributed by atoms with Gasteiger partial charge in [-0.2, -0.15) is 5.10 Å². The summed E-state index contributed by atoms with van der Waals surface area (Å²) in [7, 11) is 0. The lowest BCUT2D eigenvalue weighted by molar-refractivity contribution is 0.459. The molecule has 0 N–H and O–H groups in total. The Bertz CT molecular complexity index is 630. The molecular formula is C13H17IN4O. The Morgan fingerprint density at radius 2 is 2.16 bits per heavy atom. The second-order valence-corrected chi connectivity index (χ2v) is 6.18. The minimum atomic E-state index is -0.00277. The van der Waals surface area contributed by atoms with Gasteiger partial charge in [-0.15, -0.1) is 0 Å². The molecule has 0 radical (unpaired) electrons. The molecule has 6 heteroatoms. The van der Waals surface area contributed by atoms with Crippen LogP contribution in [0.15, 0.2) is 23.4 Å². The van der Waals surface area contributed by atoms with Crippen molar-refractivity contribution in [1.29, 1.82) is 0 Å². The van der Waals surface area contributed by atoms with Crippen LogP contribution in [0.2, 0.25) is 0 Å². The van der Waals surface area contributed by atoms with Gasteiger partial charge in [0.15, 0.2) is 0 Å². The maximum absolute atomic E-state index is 12.0.